The van der Waals surface area contributed by atoms with Gasteiger partial charge in [-0.15, -0.1) is 0 Å². The van der Waals surface area contributed by atoms with Crippen molar-refractivity contribution in [1.29, 1.82) is 0 Å². The second kappa shape index (κ2) is 4.43. The van der Waals surface area contributed by atoms with Gasteiger partial charge in [0.05, 0.1) is 0 Å². The van der Waals surface area contributed by atoms with Crippen LogP contribution in [0.15, 0.2) is 61.2 Å². The fraction of sp³-hybridized carbons (Fsp3) is 0.111. The van der Waals surface area contributed by atoms with E-state index in [1.165, 1.54) is 27.7 Å². The third kappa shape index (κ3) is 1.78. The molecular weight excluding hydrogens is 230 g/mol. The summed E-state index contributed by atoms with van der Waals surface area (Å²) in [6, 6.07) is 18.9. The molecular formula is C18H17N. The molecule has 0 spiro atoms. The van der Waals surface area contributed by atoms with Gasteiger partial charge in [0.2, 0.25) is 0 Å². The predicted molar refractivity (Wildman–Crippen MR) is 82.2 cm³/mol. The van der Waals surface area contributed by atoms with Crippen LogP contribution in [0.2, 0.25) is 0 Å². The average molecular weight is 247 g/mol. The highest BCUT2D eigenvalue weighted by Gasteiger charge is 2.14. The van der Waals surface area contributed by atoms with Gasteiger partial charge in [-0.3, -0.25) is 0 Å². The Bertz CT molecular complexity index is 748. The van der Waals surface area contributed by atoms with E-state index in [1.54, 1.807) is 0 Å². The molecule has 0 radical (unpaired) electrons. The van der Waals surface area contributed by atoms with E-state index in [9.17, 15) is 0 Å². The lowest BCUT2D eigenvalue weighted by molar-refractivity contribution is 0.915. The van der Waals surface area contributed by atoms with Gasteiger partial charge in [0.15, 0.2) is 0 Å². The lowest BCUT2D eigenvalue weighted by Crippen LogP contribution is -1.92. The SMILES string of the molecule is C=C(c1ccccc1)c1c(C)n(C)c2ccccc12. The molecule has 3 aromatic rings. The Balaban J connectivity index is 2.26. The maximum atomic E-state index is 4.31. The van der Waals surface area contributed by atoms with Crippen molar-refractivity contribution in [3.8, 4) is 0 Å². The molecule has 1 heterocycles. The molecule has 1 nitrogen and oxygen atoms in total. The topological polar surface area (TPSA) is 4.93 Å². The van der Waals surface area contributed by atoms with Gasteiger partial charge in [0.1, 0.15) is 0 Å². The molecule has 1 heteroatoms. The minimum atomic E-state index is 1.09. The Labute approximate surface area is 113 Å². The molecule has 19 heavy (non-hydrogen) atoms. The maximum absolute atomic E-state index is 4.31. The van der Waals surface area contributed by atoms with Crippen molar-refractivity contribution in [2.24, 2.45) is 7.05 Å². The van der Waals surface area contributed by atoms with Crippen molar-refractivity contribution in [2.45, 2.75) is 6.92 Å². The molecule has 94 valence electrons. The molecule has 0 unspecified atom stereocenters. The number of rotatable bonds is 2. The fourth-order valence-corrected chi connectivity index (χ4v) is 2.69. The third-order valence-corrected chi connectivity index (χ3v) is 3.82. The van der Waals surface area contributed by atoms with E-state index in [0.29, 0.717) is 0 Å². The minimum Gasteiger partial charge on any atom is -0.347 e. The highest BCUT2D eigenvalue weighted by molar-refractivity contribution is 5.98. The summed E-state index contributed by atoms with van der Waals surface area (Å²) in [5.74, 6) is 0. The van der Waals surface area contributed by atoms with E-state index in [-0.39, 0.29) is 0 Å². The van der Waals surface area contributed by atoms with Crippen molar-refractivity contribution in [3.63, 3.8) is 0 Å². The zero-order valence-corrected chi connectivity index (χ0v) is 11.4. The van der Waals surface area contributed by atoms with Gasteiger partial charge in [0.25, 0.3) is 0 Å². The monoisotopic (exact) mass is 247 g/mol. The van der Waals surface area contributed by atoms with Crippen LogP contribution in [0, 0.1) is 6.92 Å². The Morgan fingerprint density at radius 2 is 1.58 bits per heavy atom. The number of hydrogen-bond donors (Lipinski definition) is 0. The number of fused-ring (bicyclic) bond motifs is 1. The average Bonchev–Trinajstić information content (AvgIpc) is 2.72. The van der Waals surface area contributed by atoms with Crippen molar-refractivity contribution in [2.75, 3.05) is 0 Å². The number of aromatic nitrogens is 1. The summed E-state index contributed by atoms with van der Waals surface area (Å²) < 4.78 is 2.23. The molecule has 0 atom stereocenters. The molecule has 0 saturated carbocycles. The molecule has 1 aromatic heterocycles. The maximum Gasteiger partial charge on any atom is 0.0486 e. The van der Waals surface area contributed by atoms with E-state index < -0.39 is 0 Å². The van der Waals surface area contributed by atoms with Gasteiger partial charge in [-0.1, -0.05) is 55.1 Å². The summed E-state index contributed by atoms with van der Waals surface area (Å²) in [7, 11) is 2.11. The largest absolute Gasteiger partial charge is 0.347 e. The number of hydrogen-bond acceptors (Lipinski definition) is 0. The normalized spacial score (nSPS) is 10.8. The summed E-state index contributed by atoms with van der Waals surface area (Å²) in [4.78, 5) is 0. The van der Waals surface area contributed by atoms with Crippen LogP contribution in [-0.2, 0) is 7.05 Å². The van der Waals surface area contributed by atoms with Gasteiger partial charge < -0.3 is 4.57 Å². The standard InChI is InChI=1S/C18H17N/c1-13(15-9-5-4-6-10-15)18-14(2)19(3)17-12-8-7-11-16(17)18/h4-12H,1H2,2-3H3. The zero-order valence-electron chi connectivity index (χ0n) is 11.4. The van der Waals surface area contributed by atoms with Gasteiger partial charge in [-0.2, -0.15) is 0 Å². The van der Waals surface area contributed by atoms with Gasteiger partial charge in [-0.05, 0) is 24.1 Å². The second-order valence-corrected chi connectivity index (χ2v) is 4.88. The van der Waals surface area contributed by atoms with Crippen molar-refractivity contribution >= 4 is 16.5 Å². The predicted octanol–water partition coefficient (Wildman–Crippen LogP) is 4.55. The molecule has 0 saturated heterocycles. The second-order valence-electron chi connectivity index (χ2n) is 4.88. The quantitative estimate of drug-likeness (QED) is 0.626. The van der Waals surface area contributed by atoms with E-state index in [2.05, 4.69) is 73.6 Å². The molecule has 0 aliphatic carbocycles. The molecule has 0 N–H and O–H groups in total. The lowest BCUT2D eigenvalue weighted by Gasteiger charge is -2.07. The summed E-state index contributed by atoms with van der Waals surface area (Å²) in [6.45, 7) is 6.46. The Morgan fingerprint density at radius 3 is 2.32 bits per heavy atom. The van der Waals surface area contributed by atoms with Crippen LogP contribution in [0.1, 0.15) is 16.8 Å². The molecule has 0 aliphatic heterocycles. The molecule has 0 amide bonds. The van der Waals surface area contributed by atoms with Crippen LogP contribution < -0.4 is 0 Å². The van der Waals surface area contributed by atoms with Crippen LogP contribution in [0.25, 0.3) is 16.5 Å². The zero-order chi connectivity index (χ0) is 13.4. The molecule has 2 aromatic carbocycles. The highest BCUT2D eigenvalue weighted by atomic mass is 14.9. The molecule has 0 bridgehead atoms. The number of para-hydroxylation sites is 1. The van der Waals surface area contributed by atoms with Crippen molar-refractivity contribution in [3.05, 3.63) is 78.0 Å². The van der Waals surface area contributed by atoms with E-state index >= 15 is 0 Å². The van der Waals surface area contributed by atoms with Crippen LogP contribution in [0.3, 0.4) is 0 Å². The number of nitrogens with zero attached hydrogens (tertiary/aromatic N) is 1. The van der Waals surface area contributed by atoms with Crippen molar-refractivity contribution < 1.29 is 0 Å². The first kappa shape index (κ1) is 11.8. The van der Waals surface area contributed by atoms with E-state index in [4.69, 9.17) is 0 Å². The summed E-state index contributed by atoms with van der Waals surface area (Å²) >= 11 is 0. The fourth-order valence-electron chi connectivity index (χ4n) is 2.69. The molecule has 0 fully saturated rings. The Hall–Kier alpha value is -2.28. The van der Waals surface area contributed by atoms with Crippen LogP contribution in [0.4, 0.5) is 0 Å². The smallest absolute Gasteiger partial charge is 0.0486 e. The van der Waals surface area contributed by atoms with Gasteiger partial charge in [0, 0.05) is 29.2 Å². The van der Waals surface area contributed by atoms with Crippen LogP contribution in [-0.4, -0.2) is 4.57 Å². The van der Waals surface area contributed by atoms with Crippen molar-refractivity contribution in [1.82, 2.24) is 4.57 Å². The molecule has 0 aliphatic rings. The Morgan fingerprint density at radius 1 is 0.947 bits per heavy atom. The Kier molecular flexibility index (Phi) is 2.75. The summed E-state index contributed by atoms with van der Waals surface area (Å²) in [5, 5.41) is 1.27. The number of benzene rings is 2. The van der Waals surface area contributed by atoms with Gasteiger partial charge >= 0.3 is 0 Å². The third-order valence-electron chi connectivity index (χ3n) is 3.82. The van der Waals surface area contributed by atoms with E-state index in [0.717, 1.165) is 5.57 Å². The lowest BCUT2D eigenvalue weighted by atomic mass is 9.97. The first-order valence-corrected chi connectivity index (χ1v) is 6.49. The summed E-state index contributed by atoms with van der Waals surface area (Å²) in [5.41, 5.74) is 6.04. The van der Waals surface area contributed by atoms with Crippen LogP contribution in [0.5, 0.6) is 0 Å². The molecule has 3 rings (SSSR count). The number of aryl methyl sites for hydroxylation is 1. The van der Waals surface area contributed by atoms with Crippen LogP contribution >= 0.6 is 0 Å². The minimum absolute atomic E-state index is 1.09. The highest BCUT2D eigenvalue weighted by Crippen LogP contribution is 2.33. The van der Waals surface area contributed by atoms with Gasteiger partial charge in [-0.25, -0.2) is 0 Å². The summed E-state index contributed by atoms with van der Waals surface area (Å²) in [6.07, 6.45) is 0. The first-order chi connectivity index (χ1) is 9.20. The first-order valence-electron chi connectivity index (χ1n) is 6.49. The van der Waals surface area contributed by atoms with E-state index in [1.807, 2.05) is 6.07 Å².